The van der Waals surface area contributed by atoms with Crippen LogP contribution in [0.15, 0.2) is 47.4 Å². The number of amides is 1. The second-order valence-electron chi connectivity index (χ2n) is 6.77. The van der Waals surface area contributed by atoms with E-state index in [1.165, 1.54) is 16.4 Å². The van der Waals surface area contributed by atoms with Gasteiger partial charge in [0.1, 0.15) is 11.5 Å². The number of ether oxygens (including phenoxy) is 3. The van der Waals surface area contributed by atoms with Crippen molar-refractivity contribution in [2.75, 3.05) is 45.8 Å². The standard InChI is InChI=1S/C21H26N2O6S/c1-27-18-6-9-20(28-2)16(15-18)3-10-21(24)22-17-4-7-19(8-5-17)30(25,26)23-11-13-29-14-12-23/h4-9,15H,3,10-14H2,1-2H3,(H,22,24). The van der Waals surface area contributed by atoms with Crippen molar-refractivity contribution < 1.29 is 27.4 Å². The van der Waals surface area contributed by atoms with Crippen LogP contribution < -0.4 is 14.8 Å². The van der Waals surface area contributed by atoms with E-state index in [-0.39, 0.29) is 17.2 Å². The Morgan fingerprint density at radius 3 is 2.40 bits per heavy atom. The van der Waals surface area contributed by atoms with Gasteiger partial charge < -0.3 is 19.5 Å². The molecule has 0 aromatic heterocycles. The number of anilines is 1. The van der Waals surface area contributed by atoms with Gasteiger partial charge in [-0.2, -0.15) is 4.31 Å². The second kappa shape index (κ2) is 9.92. The van der Waals surface area contributed by atoms with Gasteiger partial charge in [0.25, 0.3) is 0 Å². The minimum absolute atomic E-state index is 0.177. The van der Waals surface area contributed by atoms with E-state index in [0.717, 1.165) is 5.56 Å². The third-order valence-electron chi connectivity index (χ3n) is 4.85. The van der Waals surface area contributed by atoms with Crippen LogP contribution in [0.3, 0.4) is 0 Å². The van der Waals surface area contributed by atoms with Gasteiger partial charge in [0.15, 0.2) is 0 Å². The number of hydrogen-bond donors (Lipinski definition) is 1. The van der Waals surface area contributed by atoms with E-state index in [1.807, 2.05) is 6.07 Å². The Balaban J connectivity index is 1.60. The summed E-state index contributed by atoms with van der Waals surface area (Å²) in [5.74, 6) is 1.22. The zero-order chi connectivity index (χ0) is 21.6. The molecule has 1 N–H and O–H groups in total. The lowest BCUT2D eigenvalue weighted by Crippen LogP contribution is -2.40. The number of carbonyl (C=O) groups excluding carboxylic acids is 1. The van der Waals surface area contributed by atoms with Crippen LogP contribution in [0.25, 0.3) is 0 Å². The molecule has 9 heteroatoms. The lowest BCUT2D eigenvalue weighted by atomic mass is 10.1. The molecule has 30 heavy (non-hydrogen) atoms. The number of sulfonamides is 1. The summed E-state index contributed by atoms with van der Waals surface area (Å²) in [5, 5.41) is 2.80. The number of morpholine rings is 1. The highest BCUT2D eigenvalue weighted by Gasteiger charge is 2.26. The number of carbonyl (C=O) groups is 1. The molecule has 2 aromatic carbocycles. The SMILES string of the molecule is COc1ccc(OC)c(CCC(=O)Nc2ccc(S(=O)(=O)N3CCOCC3)cc2)c1. The molecule has 3 rings (SSSR count). The van der Waals surface area contributed by atoms with Crippen molar-refractivity contribution in [1.82, 2.24) is 4.31 Å². The first-order chi connectivity index (χ1) is 14.4. The molecule has 1 fully saturated rings. The van der Waals surface area contributed by atoms with Crippen LogP contribution in [-0.4, -0.2) is 59.2 Å². The zero-order valence-corrected chi connectivity index (χ0v) is 17.9. The molecule has 1 saturated heterocycles. The predicted octanol–water partition coefficient (Wildman–Crippen LogP) is 2.30. The largest absolute Gasteiger partial charge is 0.497 e. The fraction of sp³-hybridized carbons (Fsp3) is 0.381. The molecule has 1 amide bonds. The molecule has 2 aromatic rings. The molecule has 0 spiro atoms. The molecule has 0 radical (unpaired) electrons. The predicted molar refractivity (Wildman–Crippen MR) is 113 cm³/mol. The Morgan fingerprint density at radius 2 is 1.77 bits per heavy atom. The third-order valence-corrected chi connectivity index (χ3v) is 6.77. The number of aryl methyl sites for hydroxylation is 1. The van der Waals surface area contributed by atoms with Crippen molar-refractivity contribution in [2.45, 2.75) is 17.7 Å². The first kappa shape index (κ1) is 22.1. The first-order valence-electron chi connectivity index (χ1n) is 9.63. The van der Waals surface area contributed by atoms with Gasteiger partial charge in [-0.05, 0) is 54.4 Å². The van der Waals surface area contributed by atoms with E-state index in [9.17, 15) is 13.2 Å². The monoisotopic (exact) mass is 434 g/mol. The van der Waals surface area contributed by atoms with Gasteiger partial charge in [-0.25, -0.2) is 8.42 Å². The van der Waals surface area contributed by atoms with Crippen LogP contribution in [0.2, 0.25) is 0 Å². The number of benzene rings is 2. The summed E-state index contributed by atoms with van der Waals surface area (Å²) < 4.78 is 42.5. The molecule has 8 nitrogen and oxygen atoms in total. The van der Waals surface area contributed by atoms with Gasteiger partial charge in [-0.1, -0.05) is 0 Å². The van der Waals surface area contributed by atoms with Crippen LogP contribution in [-0.2, 0) is 26.0 Å². The Morgan fingerprint density at radius 1 is 1.07 bits per heavy atom. The summed E-state index contributed by atoms with van der Waals surface area (Å²) in [6.45, 7) is 1.47. The highest BCUT2D eigenvalue weighted by molar-refractivity contribution is 7.89. The third kappa shape index (κ3) is 5.29. The normalized spacial score (nSPS) is 14.9. The number of hydrogen-bond acceptors (Lipinski definition) is 6. The molecule has 1 aliphatic rings. The van der Waals surface area contributed by atoms with Crippen molar-refractivity contribution in [3.8, 4) is 11.5 Å². The maximum atomic E-state index is 12.7. The van der Waals surface area contributed by atoms with Gasteiger partial charge >= 0.3 is 0 Å². The second-order valence-corrected chi connectivity index (χ2v) is 8.70. The van der Waals surface area contributed by atoms with Gasteiger partial charge in [0, 0.05) is 25.2 Å². The van der Waals surface area contributed by atoms with E-state index < -0.39 is 10.0 Å². The molecular formula is C21H26N2O6S. The van der Waals surface area contributed by atoms with Crippen molar-refractivity contribution >= 4 is 21.6 Å². The van der Waals surface area contributed by atoms with Gasteiger partial charge in [-0.3, -0.25) is 4.79 Å². The highest BCUT2D eigenvalue weighted by atomic mass is 32.2. The lowest BCUT2D eigenvalue weighted by Gasteiger charge is -2.26. The fourth-order valence-corrected chi connectivity index (χ4v) is 4.60. The number of nitrogens with one attached hydrogen (secondary N) is 1. The fourth-order valence-electron chi connectivity index (χ4n) is 3.20. The molecule has 1 aliphatic heterocycles. The molecule has 0 atom stereocenters. The zero-order valence-electron chi connectivity index (χ0n) is 17.1. The van der Waals surface area contributed by atoms with Gasteiger partial charge in [0.2, 0.25) is 15.9 Å². The number of rotatable bonds is 8. The molecule has 0 bridgehead atoms. The summed E-state index contributed by atoms with van der Waals surface area (Å²) in [6, 6.07) is 11.7. The van der Waals surface area contributed by atoms with Crippen LogP contribution in [0.4, 0.5) is 5.69 Å². The van der Waals surface area contributed by atoms with Crippen molar-refractivity contribution in [1.29, 1.82) is 0 Å². The van der Waals surface area contributed by atoms with Crippen molar-refractivity contribution in [2.24, 2.45) is 0 Å². The van der Waals surface area contributed by atoms with Crippen LogP contribution in [0, 0.1) is 0 Å². The Hall–Kier alpha value is -2.62. The van der Waals surface area contributed by atoms with Crippen LogP contribution in [0.1, 0.15) is 12.0 Å². The summed E-state index contributed by atoms with van der Waals surface area (Å²) in [4.78, 5) is 12.5. The number of methoxy groups -OCH3 is 2. The Bertz CT molecular complexity index is 969. The minimum atomic E-state index is -3.55. The van der Waals surface area contributed by atoms with Gasteiger partial charge in [-0.15, -0.1) is 0 Å². The average molecular weight is 435 g/mol. The van der Waals surface area contributed by atoms with E-state index >= 15 is 0 Å². The Labute approximate surface area is 176 Å². The average Bonchev–Trinajstić information content (AvgIpc) is 2.78. The summed E-state index contributed by atoms with van der Waals surface area (Å²) >= 11 is 0. The maximum Gasteiger partial charge on any atom is 0.243 e. The maximum absolute atomic E-state index is 12.7. The molecular weight excluding hydrogens is 408 g/mol. The highest BCUT2D eigenvalue weighted by Crippen LogP contribution is 2.25. The number of nitrogens with zero attached hydrogens (tertiary/aromatic N) is 1. The van der Waals surface area contributed by atoms with Crippen molar-refractivity contribution in [3.05, 3.63) is 48.0 Å². The quantitative estimate of drug-likeness (QED) is 0.685. The Kier molecular flexibility index (Phi) is 7.30. The molecule has 0 aliphatic carbocycles. The van der Waals surface area contributed by atoms with E-state index in [4.69, 9.17) is 14.2 Å². The van der Waals surface area contributed by atoms with Crippen molar-refractivity contribution in [3.63, 3.8) is 0 Å². The van der Waals surface area contributed by atoms with Gasteiger partial charge in [0.05, 0.1) is 32.3 Å². The summed E-state index contributed by atoms with van der Waals surface area (Å²) in [6.07, 6.45) is 0.729. The topological polar surface area (TPSA) is 94.2 Å². The summed E-state index contributed by atoms with van der Waals surface area (Å²) in [5.41, 5.74) is 1.41. The molecule has 162 valence electrons. The van der Waals surface area contributed by atoms with E-state index in [2.05, 4.69) is 5.32 Å². The first-order valence-corrected chi connectivity index (χ1v) is 11.1. The van der Waals surface area contributed by atoms with E-state index in [0.29, 0.717) is 49.9 Å². The lowest BCUT2D eigenvalue weighted by molar-refractivity contribution is -0.116. The van der Waals surface area contributed by atoms with E-state index in [1.54, 1.807) is 38.5 Å². The minimum Gasteiger partial charge on any atom is -0.497 e. The summed E-state index contributed by atoms with van der Waals surface area (Å²) in [7, 11) is -0.387. The molecule has 1 heterocycles. The molecule has 0 unspecified atom stereocenters. The molecule has 0 saturated carbocycles. The smallest absolute Gasteiger partial charge is 0.243 e. The van der Waals surface area contributed by atoms with Crippen LogP contribution in [0.5, 0.6) is 11.5 Å². The van der Waals surface area contributed by atoms with Crippen LogP contribution >= 0.6 is 0 Å².